The molecule has 0 spiro atoms. The van der Waals surface area contributed by atoms with E-state index < -0.39 is 9.84 Å². The Hall–Kier alpha value is -3.23. The van der Waals surface area contributed by atoms with Crippen LogP contribution in [0.2, 0.25) is 0 Å². The summed E-state index contributed by atoms with van der Waals surface area (Å²) in [5.74, 6) is 0.910. The lowest BCUT2D eigenvalue weighted by Crippen LogP contribution is -2.43. The van der Waals surface area contributed by atoms with Crippen LogP contribution in [-0.2, 0) is 9.84 Å². The van der Waals surface area contributed by atoms with E-state index in [-0.39, 0.29) is 10.5 Å². The minimum Gasteiger partial charge on any atom is -0.486 e. The van der Waals surface area contributed by atoms with Gasteiger partial charge in [0.05, 0.1) is 11.1 Å². The van der Waals surface area contributed by atoms with Gasteiger partial charge in [0.2, 0.25) is 0 Å². The summed E-state index contributed by atoms with van der Waals surface area (Å²) in [6.45, 7) is 5.66. The molecule has 4 aromatic rings. The molecule has 3 heterocycles. The van der Waals surface area contributed by atoms with Gasteiger partial charge < -0.3 is 4.74 Å². The number of fused-ring (bicyclic) bond motifs is 1. The Kier molecular flexibility index (Phi) is 6.27. The number of likely N-dealkylation sites (tertiary alicyclic amines) is 1. The van der Waals surface area contributed by atoms with Crippen LogP contribution in [0.4, 0.5) is 0 Å². The highest BCUT2D eigenvalue weighted by molar-refractivity contribution is 7.90. The van der Waals surface area contributed by atoms with E-state index in [2.05, 4.69) is 53.1 Å². The molecule has 1 saturated heterocycles. The molecule has 7 nitrogen and oxygen atoms in total. The van der Waals surface area contributed by atoms with Gasteiger partial charge in [0.25, 0.3) is 0 Å². The van der Waals surface area contributed by atoms with Crippen LogP contribution in [0.15, 0.2) is 72.0 Å². The second-order valence-electron chi connectivity index (χ2n) is 10.9. The van der Waals surface area contributed by atoms with E-state index in [9.17, 15) is 8.42 Å². The monoisotopic (exact) mass is 530 g/mol. The fraction of sp³-hybridized carbons (Fsp3) is 0.400. The van der Waals surface area contributed by atoms with E-state index in [0.29, 0.717) is 17.7 Å². The fourth-order valence-electron chi connectivity index (χ4n) is 5.70. The smallest absolute Gasteiger partial charge is 0.175 e. The maximum atomic E-state index is 12.0. The Balaban J connectivity index is 1.19. The van der Waals surface area contributed by atoms with E-state index >= 15 is 0 Å². The van der Waals surface area contributed by atoms with Gasteiger partial charge in [0, 0.05) is 48.4 Å². The molecular weight excluding hydrogens is 496 g/mol. The van der Waals surface area contributed by atoms with Crippen molar-refractivity contribution in [2.75, 3.05) is 12.8 Å². The highest BCUT2D eigenvalue weighted by atomic mass is 32.2. The highest BCUT2D eigenvalue weighted by Gasteiger charge is 2.49. The molecule has 2 aromatic carbocycles. The molecule has 2 aliphatic rings. The first kappa shape index (κ1) is 25.1. The maximum absolute atomic E-state index is 12.0. The molecule has 1 aliphatic heterocycles. The van der Waals surface area contributed by atoms with E-state index in [1.807, 2.05) is 18.5 Å². The number of rotatable bonds is 8. The first-order valence-corrected chi connectivity index (χ1v) is 15.3. The standard InChI is InChI=1S/C30H34N4O3S/c1-4-25-11-8-21(2)33(25)20-30(14-15-30)37-26-12-9-22(10-13-26)24-17-31-29-28(18-32-34(29)19-24)23-6-5-7-27(16-23)38(3,35)36/h5-7,9-10,12-13,16-19,21,25H,4,8,11,14-15,20H2,1-3H3. The van der Waals surface area contributed by atoms with Crippen molar-refractivity contribution in [3.8, 4) is 28.0 Å². The van der Waals surface area contributed by atoms with Crippen molar-refractivity contribution in [2.24, 2.45) is 0 Å². The molecule has 2 atom stereocenters. The third-order valence-electron chi connectivity index (χ3n) is 8.15. The summed E-state index contributed by atoms with van der Waals surface area (Å²) in [5.41, 5.74) is 4.17. The van der Waals surface area contributed by atoms with Crippen molar-refractivity contribution in [1.29, 1.82) is 0 Å². The second kappa shape index (κ2) is 9.50. The van der Waals surface area contributed by atoms with Gasteiger partial charge in [-0.3, -0.25) is 4.90 Å². The van der Waals surface area contributed by atoms with Crippen LogP contribution in [0.1, 0.15) is 46.0 Å². The molecule has 0 amide bonds. The predicted molar refractivity (Wildman–Crippen MR) is 149 cm³/mol. The lowest BCUT2D eigenvalue weighted by Gasteiger charge is -2.32. The van der Waals surface area contributed by atoms with Gasteiger partial charge in [-0.05, 0) is 74.4 Å². The molecule has 0 radical (unpaired) electrons. The topological polar surface area (TPSA) is 76.8 Å². The average Bonchev–Trinajstić information content (AvgIpc) is 3.38. The quantitative estimate of drug-likeness (QED) is 0.293. The SMILES string of the molecule is CCC1CCC(C)N1CC1(Oc2ccc(-c3cnc4c(-c5cccc(S(C)(=O)=O)c5)cnn4c3)cc2)CC1. The minimum absolute atomic E-state index is 0.0477. The van der Waals surface area contributed by atoms with Crippen LogP contribution in [0.5, 0.6) is 5.75 Å². The molecule has 2 unspecified atom stereocenters. The number of hydrogen-bond donors (Lipinski definition) is 0. The lowest BCUT2D eigenvalue weighted by molar-refractivity contribution is 0.0857. The summed E-state index contributed by atoms with van der Waals surface area (Å²) >= 11 is 0. The van der Waals surface area contributed by atoms with Crippen LogP contribution < -0.4 is 4.74 Å². The van der Waals surface area contributed by atoms with Gasteiger partial charge >= 0.3 is 0 Å². The molecule has 6 rings (SSSR count). The van der Waals surface area contributed by atoms with Crippen LogP contribution in [0.3, 0.4) is 0 Å². The van der Waals surface area contributed by atoms with Gasteiger partial charge in [-0.25, -0.2) is 17.9 Å². The van der Waals surface area contributed by atoms with Crippen molar-refractivity contribution >= 4 is 15.5 Å². The van der Waals surface area contributed by atoms with E-state index in [1.165, 1.54) is 25.5 Å². The number of sulfone groups is 1. The zero-order chi connectivity index (χ0) is 26.5. The molecule has 38 heavy (non-hydrogen) atoms. The maximum Gasteiger partial charge on any atom is 0.175 e. The predicted octanol–water partition coefficient (Wildman–Crippen LogP) is 5.64. The van der Waals surface area contributed by atoms with E-state index in [4.69, 9.17) is 4.74 Å². The summed E-state index contributed by atoms with van der Waals surface area (Å²) in [5, 5.41) is 4.49. The third-order valence-corrected chi connectivity index (χ3v) is 9.26. The van der Waals surface area contributed by atoms with Gasteiger partial charge in [-0.15, -0.1) is 0 Å². The molecule has 8 heteroatoms. The van der Waals surface area contributed by atoms with E-state index in [1.54, 1.807) is 28.9 Å². The second-order valence-corrected chi connectivity index (χ2v) is 13.0. The normalized spacial score (nSPS) is 21.1. The molecule has 1 saturated carbocycles. The van der Waals surface area contributed by atoms with Crippen LogP contribution >= 0.6 is 0 Å². The number of nitrogens with zero attached hydrogens (tertiary/aromatic N) is 4. The molecule has 2 aromatic heterocycles. The number of hydrogen-bond acceptors (Lipinski definition) is 6. The Morgan fingerprint density at radius 2 is 1.82 bits per heavy atom. The summed E-state index contributed by atoms with van der Waals surface area (Å²) in [6.07, 6.45) is 12.7. The van der Waals surface area contributed by atoms with Crippen molar-refractivity contribution in [2.45, 2.75) is 68.5 Å². The lowest BCUT2D eigenvalue weighted by atomic mass is 10.1. The van der Waals surface area contributed by atoms with Crippen LogP contribution in [0, 0.1) is 0 Å². The summed E-state index contributed by atoms with van der Waals surface area (Å²) in [7, 11) is -3.30. The first-order chi connectivity index (χ1) is 18.2. The van der Waals surface area contributed by atoms with E-state index in [0.717, 1.165) is 47.4 Å². The van der Waals surface area contributed by atoms with Gasteiger partial charge in [-0.2, -0.15) is 5.10 Å². The first-order valence-electron chi connectivity index (χ1n) is 13.4. The average molecular weight is 531 g/mol. The Morgan fingerprint density at radius 1 is 1.03 bits per heavy atom. The molecule has 2 fully saturated rings. The number of ether oxygens (including phenoxy) is 1. The van der Waals surface area contributed by atoms with Crippen molar-refractivity contribution in [3.63, 3.8) is 0 Å². The summed E-state index contributed by atoms with van der Waals surface area (Å²) < 4.78 is 32.3. The van der Waals surface area contributed by atoms with Crippen LogP contribution in [0.25, 0.3) is 27.9 Å². The molecule has 0 bridgehead atoms. The van der Waals surface area contributed by atoms with Crippen LogP contribution in [-0.4, -0.2) is 58.4 Å². The molecule has 198 valence electrons. The van der Waals surface area contributed by atoms with Gasteiger partial charge in [0.15, 0.2) is 15.5 Å². The third kappa shape index (κ3) is 4.83. The van der Waals surface area contributed by atoms with Crippen molar-refractivity contribution in [1.82, 2.24) is 19.5 Å². The fourth-order valence-corrected chi connectivity index (χ4v) is 6.37. The highest BCUT2D eigenvalue weighted by Crippen LogP contribution is 2.43. The zero-order valence-corrected chi connectivity index (χ0v) is 23.0. The largest absolute Gasteiger partial charge is 0.486 e. The Morgan fingerprint density at radius 3 is 2.53 bits per heavy atom. The Bertz CT molecular complexity index is 1570. The number of benzene rings is 2. The summed E-state index contributed by atoms with van der Waals surface area (Å²) in [6, 6.07) is 16.4. The molecular formula is C30H34N4O3S. The van der Waals surface area contributed by atoms with Crippen molar-refractivity contribution < 1.29 is 13.2 Å². The molecule has 1 aliphatic carbocycles. The van der Waals surface area contributed by atoms with Crippen molar-refractivity contribution in [3.05, 3.63) is 67.1 Å². The summed E-state index contributed by atoms with van der Waals surface area (Å²) in [4.78, 5) is 7.62. The number of aromatic nitrogens is 3. The molecule has 0 N–H and O–H groups in total. The zero-order valence-electron chi connectivity index (χ0n) is 22.2. The Labute approximate surface area is 224 Å². The van der Waals surface area contributed by atoms with Gasteiger partial charge in [-0.1, -0.05) is 31.2 Å². The van der Waals surface area contributed by atoms with Gasteiger partial charge in [0.1, 0.15) is 11.4 Å². The minimum atomic E-state index is -3.30.